The van der Waals surface area contributed by atoms with E-state index in [9.17, 15) is 15.3 Å². The summed E-state index contributed by atoms with van der Waals surface area (Å²) in [6, 6.07) is 0. The van der Waals surface area contributed by atoms with E-state index in [0.717, 1.165) is 6.20 Å². The lowest BCUT2D eigenvalue weighted by molar-refractivity contribution is -0.821. The van der Waals surface area contributed by atoms with Crippen LogP contribution in [0, 0.1) is 15.3 Å². The summed E-state index contributed by atoms with van der Waals surface area (Å²) in [4.78, 5) is 13.5. The number of nitrogens with zero attached hydrogens (tertiary/aromatic N) is 3. The minimum Gasteiger partial charge on any atom is -0.359 e. The van der Waals surface area contributed by atoms with E-state index in [1.807, 2.05) is 0 Å². The van der Waals surface area contributed by atoms with Crippen LogP contribution in [0.5, 0.6) is 0 Å². The molecule has 8 heteroatoms. The highest BCUT2D eigenvalue weighted by molar-refractivity contribution is 4.78. The molecule has 8 nitrogen and oxygen atoms in total. The fraction of sp³-hybridized carbons (Fsp3) is 0.333. The Bertz CT molecular complexity index is 257. The van der Waals surface area contributed by atoms with Crippen molar-refractivity contribution in [1.29, 1.82) is 0 Å². The van der Waals surface area contributed by atoms with E-state index in [0.29, 0.717) is 0 Å². The molecule has 1 heterocycles. The minimum absolute atomic E-state index is 0.0312. The number of aromatic nitrogens is 2. The van der Waals surface area contributed by atoms with Crippen molar-refractivity contribution in [2.75, 3.05) is 0 Å². The van der Waals surface area contributed by atoms with Crippen LogP contribution in [0.15, 0.2) is 10.8 Å². The van der Waals surface area contributed by atoms with E-state index < -0.39 is 11.7 Å². The number of hydrogen-bond acceptors (Lipinski definition) is 6. The van der Waals surface area contributed by atoms with Gasteiger partial charge in [-0.05, 0) is 4.90 Å². The fourth-order valence-electron chi connectivity index (χ4n) is 0.436. The van der Waals surface area contributed by atoms with Gasteiger partial charge in [0.1, 0.15) is 0 Å². The van der Waals surface area contributed by atoms with Crippen LogP contribution in [0.4, 0.5) is 0 Å². The molecule has 11 heavy (non-hydrogen) atoms. The van der Waals surface area contributed by atoms with Gasteiger partial charge in [0.15, 0.2) is 6.61 Å². The first-order valence-corrected chi connectivity index (χ1v) is 2.51. The monoisotopic (exact) mass is 161 g/mol. The summed E-state index contributed by atoms with van der Waals surface area (Å²) in [5.74, 6) is 0. The summed E-state index contributed by atoms with van der Waals surface area (Å²) >= 11 is 0. The molecule has 0 aromatic carbocycles. The van der Waals surface area contributed by atoms with Crippen molar-refractivity contribution in [2.24, 2.45) is 0 Å². The Hall–Kier alpha value is -1.86. The first-order valence-electron chi connectivity index (χ1n) is 2.51. The van der Waals surface area contributed by atoms with Gasteiger partial charge in [0.05, 0.1) is 0 Å². The molecule has 0 unspecified atom stereocenters. The fourth-order valence-corrected chi connectivity index (χ4v) is 0.436. The van der Waals surface area contributed by atoms with Crippen molar-refractivity contribution in [1.82, 2.24) is 5.16 Å². The van der Waals surface area contributed by atoms with Gasteiger partial charge in [-0.2, -0.15) is 0 Å². The Labute approximate surface area is 59.6 Å². The highest BCUT2D eigenvalue weighted by Gasteiger charge is 2.08. The zero-order valence-electron chi connectivity index (χ0n) is 5.17. The van der Waals surface area contributed by atoms with Gasteiger partial charge >= 0.3 is 0 Å². The molecule has 0 bridgehead atoms. The van der Waals surface area contributed by atoms with Crippen LogP contribution < -0.4 is 4.90 Å². The van der Waals surface area contributed by atoms with Crippen LogP contribution in [0.25, 0.3) is 0 Å². The molecule has 1 rings (SSSR count). The quantitative estimate of drug-likeness (QED) is 0.320. The van der Waals surface area contributed by atoms with Gasteiger partial charge in [-0.3, -0.25) is 4.63 Å². The number of rotatable bonds is 3. The third-order valence-electron chi connectivity index (χ3n) is 0.875. The lowest BCUT2D eigenvalue weighted by Gasteiger charge is -1.92. The summed E-state index contributed by atoms with van der Waals surface area (Å²) in [6.07, 6.45) is 1.04. The average Bonchev–Trinajstić information content (AvgIpc) is 2.31. The molecule has 1 aromatic rings. The number of hydrogen-bond donors (Lipinski definition) is 0. The van der Waals surface area contributed by atoms with Crippen molar-refractivity contribution < 1.29 is 19.5 Å². The van der Waals surface area contributed by atoms with Gasteiger partial charge in [-0.1, -0.05) is 0 Å². The van der Waals surface area contributed by atoms with E-state index in [1.54, 1.807) is 0 Å². The Kier molecular flexibility index (Phi) is 1.86. The van der Waals surface area contributed by atoms with E-state index >= 15 is 0 Å². The van der Waals surface area contributed by atoms with Crippen LogP contribution in [0.1, 0.15) is 5.69 Å². The Morgan fingerprint density at radius 1 is 1.91 bits per heavy atom. The van der Waals surface area contributed by atoms with E-state index in [4.69, 9.17) is 0 Å². The molecule has 0 fully saturated rings. The lowest BCUT2D eigenvalue weighted by atomic mass is 10.5. The molecule has 0 saturated heterocycles. The van der Waals surface area contributed by atoms with Crippen LogP contribution in [-0.2, 0) is 11.4 Å². The summed E-state index contributed by atoms with van der Waals surface area (Å²) in [5, 5.41) is 22.1. The Morgan fingerprint density at radius 3 is 3.09 bits per heavy atom. The maximum Gasteiger partial charge on any atom is 0.294 e. The van der Waals surface area contributed by atoms with Gasteiger partial charge < -0.3 is 10.0 Å². The van der Waals surface area contributed by atoms with Crippen molar-refractivity contribution in [3.05, 3.63) is 27.2 Å². The van der Waals surface area contributed by atoms with Crippen molar-refractivity contribution in [2.45, 2.75) is 6.61 Å². The zero-order valence-corrected chi connectivity index (χ0v) is 5.17. The molecule has 0 amide bonds. The van der Waals surface area contributed by atoms with Gasteiger partial charge in [0, 0.05) is 5.16 Å². The van der Waals surface area contributed by atoms with Crippen molar-refractivity contribution in [3.63, 3.8) is 0 Å². The van der Waals surface area contributed by atoms with Crippen molar-refractivity contribution >= 4 is 0 Å². The first kappa shape index (κ1) is 7.25. The molecule has 1 aromatic heterocycles. The summed E-state index contributed by atoms with van der Waals surface area (Å²) in [7, 11) is 0. The standard InChI is InChI=1S/C3H3N3O5/c7-5-3(1-4-11-5)2-10-6(8)9/h1H,2H2. The highest BCUT2D eigenvalue weighted by Crippen LogP contribution is 1.90. The average molecular weight is 161 g/mol. The molecule has 0 aliphatic carbocycles. The second-order valence-electron chi connectivity index (χ2n) is 1.56. The predicted octanol–water partition coefficient (Wildman–Crippen LogP) is -0.984. The minimum atomic E-state index is -1.01. The van der Waals surface area contributed by atoms with E-state index in [-0.39, 0.29) is 10.6 Å². The highest BCUT2D eigenvalue weighted by atomic mass is 17.0. The normalized spacial score (nSPS) is 9.45. The van der Waals surface area contributed by atoms with E-state index in [1.165, 1.54) is 0 Å². The largest absolute Gasteiger partial charge is 0.359 e. The van der Waals surface area contributed by atoms with Gasteiger partial charge in [0.25, 0.3) is 5.09 Å². The Morgan fingerprint density at radius 2 is 2.64 bits per heavy atom. The summed E-state index contributed by atoms with van der Waals surface area (Å²) < 4.78 is 4.01. The van der Waals surface area contributed by atoms with Crippen LogP contribution >= 0.6 is 0 Å². The van der Waals surface area contributed by atoms with Crippen molar-refractivity contribution in [3.8, 4) is 0 Å². The van der Waals surface area contributed by atoms with Crippen LogP contribution in [-0.4, -0.2) is 10.2 Å². The Balaban J connectivity index is 2.51. The molecule has 60 valence electrons. The molecular weight excluding hydrogens is 158 g/mol. The molecule has 0 aliphatic heterocycles. The molecule has 0 aliphatic rings. The third-order valence-corrected chi connectivity index (χ3v) is 0.875. The zero-order chi connectivity index (χ0) is 8.27. The summed E-state index contributed by atoms with van der Waals surface area (Å²) in [6.45, 7) is -0.458. The summed E-state index contributed by atoms with van der Waals surface area (Å²) in [5.41, 5.74) is -0.0540. The second-order valence-corrected chi connectivity index (χ2v) is 1.56. The second kappa shape index (κ2) is 2.82. The molecule has 0 saturated carbocycles. The molecule has 0 N–H and O–H groups in total. The maximum absolute atomic E-state index is 10.4. The third kappa shape index (κ3) is 1.78. The molecule has 0 radical (unpaired) electrons. The van der Waals surface area contributed by atoms with E-state index in [2.05, 4.69) is 14.6 Å². The topological polar surface area (TPSA) is 105 Å². The van der Waals surface area contributed by atoms with Gasteiger partial charge in [-0.25, -0.2) is 0 Å². The van der Waals surface area contributed by atoms with Gasteiger partial charge in [0.2, 0.25) is 11.9 Å². The first-order chi connectivity index (χ1) is 5.20. The molecule has 0 atom stereocenters. The molecule has 0 spiro atoms. The smallest absolute Gasteiger partial charge is 0.294 e. The SMILES string of the molecule is O=[N+]([O-])OCc1cno[n+]1[O-]. The van der Waals surface area contributed by atoms with Crippen LogP contribution in [0.2, 0.25) is 0 Å². The predicted molar refractivity (Wildman–Crippen MR) is 27.2 cm³/mol. The lowest BCUT2D eigenvalue weighted by Crippen LogP contribution is -2.28. The maximum atomic E-state index is 10.4. The molecular formula is C3H3N3O5. The van der Waals surface area contributed by atoms with Crippen LogP contribution in [0.3, 0.4) is 0 Å². The van der Waals surface area contributed by atoms with Gasteiger partial charge in [-0.15, -0.1) is 10.1 Å².